The van der Waals surface area contributed by atoms with E-state index in [2.05, 4.69) is 40.9 Å². The van der Waals surface area contributed by atoms with Gasteiger partial charge < -0.3 is 14.0 Å². The Kier molecular flexibility index (Phi) is 3.19. The lowest BCUT2D eigenvalue weighted by Crippen LogP contribution is -2.28. The summed E-state index contributed by atoms with van der Waals surface area (Å²) in [7, 11) is 1.93. The van der Waals surface area contributed by atoms with Crippen LogP contribution in [0.1, 0.15) is 22.8 Å². The molecule has 0 aliphatic carbocycles. The molecular weight excluding hydrogens is 324 g/mol. The SMILES string of the molecule is CCn1ccc2cc3c(cc21)CCN3C(=O)c1cn(C)c2ncccc12. The summed E-state index contributed by atoms with van der Waals surface area (Å²) in [5, 5.41) is 2.09. The zero-order valence-electron chi connectivity index (χ0n) is 14.9. The minimum atomic E-state index is 0.0524. The van der Waals surface area contributed by atoms with E-state index in [1.807, 2.05) is 34.8 Å². The van der Waals surface area contributed by atoms with Gasteiger partial charge in [0.25, 0.3) is 5.91 Å². The lowest BCUT2D eigenvalue weighted by atomic mass is 10.1. The van der Waals surface area contributed by atoms with Crippen LogP contribution in [0.15, 0.2) is 48.9 Å². The minimum Gasteiger partial charge on any atom is -0.348 e. The molecule has 1 aliphatic rings. The van der Waals surface area contributed by atoms with Crippen LogP contribution in [-0.2, 0) is 20.0 Å². The number of fused-ring (bicyclic) bond motifs is 3. The van der Waals surface area contributed by atoms with Gasteiger partial charge in [-0.3, -0.25) is 4.79 Å². The molecular formula is C21H20N4O. The van der Waals surface area contributed by atoms with Crippen molar-refractivity contribution in [1.29, 1.82) is 0 Å². The molecule has 3 aromatic heterocycles. The Balaban J connectivity index is 1.61. The van der Waals surface area contributed by atoms with Crippen LogP contribution in [0.4, 0.5) is 5.69 Å². The quantitative estimate of drug-likeness (QED) is 0.556. The third kappa shape index (κ3) is 2.03. The summed E-state index contributed by atoms with van der Waals surface area (Å²) in [6.45, 7) is 3.83. The molecule has 1 aliphatic heterocycles. The predicted octanol–water partition coefficient (Wildman–Crippen LogP) is 3.75. The molecule has 4 heterocycles. The highest BCUT2D eigenvalue weighted by Gasteiger charge is 2.28. The number of aryl methyl sites for hydroxylation is 2. The molecule has 26 heavy (non-hydrogen) atoms. The maximum Gasteiger partial charge on any atom is 0.260 e. The Hall–Kier alpha value is -3.08. The van der Waals surface area contributed by atoms with Gasteiger partial charge in [-0.05, 0) is 49.2 Å². The first-order valence-corrected chi connectivity index (χ1v) is 9.01. The van der Waals surface area contributed by atoms with Crippen molar-refractivity contribution in [3.05, 3.63) is 60.0 Å². The lowest BCUT2D eigenvalue weighted by molar-refractivity contribution is 0.0991. The molecule has 0 atom stereocenters. The van der Waals surface area contributed by atoms with Gasteiger partial charge in [0.05, 0.1) is 5.56 Å². The molecule has 5 heteroatoms. The number of anilines is 1. The van der Waals surface area contributed by atoms with Gasteiger partial charge >= 0.3 is 0 Å². The fraction of sp³-hybridized carbons (Fsp3) is 0.238. The van der Waals surface area contributed by atoms with Crippen LogP contribution in [-0.4, -0.2) is 26.6 Å². The summed E-state index contributed by atoms with van der Waals surface area (Å²) in [4.78, 5) is 19.6. The second-order valence-corrected chi connectivity index (χ2v) is 6.88. The average molecular weight is 344 g/mol. The van der Waals surface area contributed by atoms with E-state index < -0.39 is 0 Å². The van der Waals surface area contributed by atoms with Crippen molar-refractivity contribution in [2.24, 2.45) is 7.05 Å². The Morgan fingerprint density at radius 1 is 1.27 bits per heavy atom. The minimum absolute atomic E-state index is 0.0524. The van der Waals surface area contributed by atoms with Crippen LogP contribution < -0.4 is 4.90 Å². The molecule has 4 aromatic rings. The average Bonchev–Trinajstić information content (AvgIpc) is 3.35. The van der Waals surface area contributed by atoms with Crippen LogP contribution in [0.25, 0.3) is 21.9 Å². The second kappa shape index (κ2) is 5.46. The first-order valence-electron chi connectivity index (χ1n) is 9.01. The standard InChI is InChI=1S/C21H20N4O/c1-3-24-9-6-14-12-19-15(11-18(14)24)7-10-25(19)21(26)17-13-23(2)20-16(17)5-4-8-22-20/h4-6,8-9,11-13H,3,7,10H2,1-2H3. The maximum atomic E-state index is 13.3. The molecule has 0 spiro atoms. The van der Waals surface area contributed by atoms with Crippen LogP contribution >= 0.6 is 0 Å². The zero-order valence-corrected chi connectivity index (χ0v) is 14.9. The van der Waals surface area contributed by atoms with E-state index in [1.165, 1.54) is 16.5 Å². The Morgan fingerprint density at radius 3 is 3.00 bits per heavy atom. The van der Waals surface area contributed by atoms with Crippen LogP contribution in [0, 0.1) is 0 Å². The lowest BCUT2D eigenvalue weighted by Gasteiger charge is -2.17. The van der Waals surface area contributed by atoms with E-state index in [0.717, 1.165) is 41.8 Å². The number of rotatable bonds is 2. The first-order chi connectivity index (χ1) is 12.7. The zero-order chi connectivity index (χ0) is 17.8. The van der Waals surface area contributed by atoms with Gasteiger partial charge in [-0.2, -0.15) is 0 Å². The van der Waals surface area contributed by atoms with Gasteiger partial charge in [0.15, 0.2) is 0 Å². The second-order valence-electron chi connectivity index (χ2n) is 6.88. The smallest absolute Gasteiger partial charge is 0.260 e. The van der Waals surface area contributed by atoms with Gasteiger partial charge in [-0.25, -0.2) is 4.98 Å². The third-order valence-electron chi connectivity index (χ3n) is 5.42. The number of hydrogen-bond acceptors (Lipinski definition) is 2. The molecule has 5 rings (SSSR count). The highest BCUT2D eigenvalue weighted by Crippen LogP contribution is 2.34. The first kappa shape index (κ1) is 15.2. The fourth-order valence-corrected chi connectivity index (χ4v) is 4.09. The number of benzene rings is 1. The van der Waals surface area contributed by atoms with Crippen molar-refractivity contribution in [2.45, 2.75) is 19.9 Å². The largest absolute Gasteiger partial charge is 0.348 e. The van der Waals surface area contributed by atoms with Crippen molar-refractivity contribution >= 4 is 33.5 Å². The highest BCUT2D eigenvalue weighted by molar-refractivity contribution is 6.15. The monoisotopic (exact) mass is 344 g/mol. The molecule has 1 aromatic carbocycles. The van der Waals surface area contributed by atoms with Crippen LogP contribution in [0.2, 0.25) is 0 Å². The summed E-state index contributed by atoms with van der Waals surface area (Å²) in [5.74, 6) is 0.0524. The van der Waals surface area contributed by atoms with E-state index >= 15 is 0 Å². The summed E-state index contributed by atoms with van der Waals surface area (Å²) >= 11 is 0. The molecule has 0 saturated heterocycles. The number of aromatic nitrogens is 3. The number of hydrogen-bond donors (Lipinski definition) is 0. The van der Waals surface area contributed by atoms with E-state index in [0.29, 0.717) is 0 Å². The Morgan fingerprint density at radius 2 is 2.15 bits per heavy atom. The number of carbonyl (C=O) groups excluding carboxylic acids is 1. The fourth-order valence-electron chi connectivity index (χ4n) is 4.09. The summed E-state index contributed by atoms with van der Waals surface area (Å²) in [6, 6.07) is 10.4. The van der Waals surface area contributed by atoms with E-state index in [1.54, 1.807) is 6.20 Å². The molecule has 0 N–H and O–H groups in total. The Labute approximate surface area is 151 Å². The molecule has 0 saturated carbocycles. The van der Waals surface area contributed by atoms with Crippen molar-refractivity contribution in [1.82, 2.24) is 14.1 Å². The van der Waals surface area contributed by atoms with Gasteiger partial charge in [-0.1, -0.05) is 0 Å². The molecule has 0 radical (unpaired) electrons. The van der Waals surface area contributed by atoms with Gasteiger partial charge in [-0.15, -0.1) is 0 Å². The summed E-state index contributed by atoms with van der Waals surface area (Å²) < 4.78 is 4.17. The van der Waals surface area contributed by atoms with Crippen molar-refractivity contribution in [3.8, 4) is 0 Å². The number of amides is 1. The predicted molar refractivity (Wildman–Crippen MR) is 104 cm³/mol. The number of pyridine rings is 1. The summed E-state index contributed by atoms with van der Waals surface area (Å²) in [5.41, 5.74) is 5.09. The summed E-state index contributed by atoms with van der Waals surface area (Å²) in [6.07, 6.45) is 6.66. The van der Waals surface area contributed by atoms with Crippen molar-refractivity contribution < 1.29 is 4.79 Å². The molecule has 0 bridgehead atoms. The van der Waals surface area contributed by atoms with E-state index in [9.17, 15) is 4.79 Å². The van der Waals surface area contributed by atoms with E-state index in [4.69, 9.17) is 0 Å². The molecule has 1 amide bonds. The maximum absolute atomic E-state index is 13.3. The molecule has 0 fully saturated rings. The Bertz CT molecular complexity index is 1170. The highest BCUT2D eigenvalue weighted by atomic mass is 16.2. The number of nitrogens with zero attached hydrogens (tertiary/aromatic N) is 4. The topological polar surface area (TPSA) is 43.1 Å². The van der Waals surface area contributed by atoms with Gasteiger partial charge in [0.2, 0.25) is 0 Å². The third-order valence-corrected chi connectivity index (χ3v) is 5.42. The number of carbonyl (C=O) groups is 1. The van der Waals surface area contributed by atoms with Crippen molar-refractivity contribution in [2.75, 3.05) is 11.4 Å². The van der Waals surface area contributed by atoms with Crippen molar-refractivity contribution in [3.63, 3.8) is 0 Å². The van der Waals surface area contributed by atoms with Gasteiger partial charge in [0.1, 0.15) is 5.65 Å². The molecule has 5 nitrogen and oxygen atoms in total. The molecule has 0 unspecified atom stereocenters. The van der Waals surface area contributed by atoms with Crippen LogP contribution in [0.5, 0.6) is 0 Å². The van der Waals surface area contributed by atoms with Crippen LogP contribution in [0.3, 0.4) is 0 Å². The molecule has 130 valence electrons. The van der Waals surface area contributed by atoms with Gasteiger partial charge in [0, 0.05) is 60.7 Å². The van der Waals surface area contributed by atoms with E-state index in [-0.39, 0.29) is 5.91 Å². The normalized spacial score (nSPS) is 13.7.